The van der Waals surface area contributed by atoms with E-state index in [1.165, 1.54) is 12.1 Å². The highest BCUT2D eigenvalue weighted by Crippen LogP contribution is 2.51. The summed E-state index contributed by atoms with van der Waals surface area (Å²) in [6.07, 6.45) is 15.2. The molecule has 2 bridgehead atoms. The first-order valence-electron chi connectivity index (χ1n) is 10.3. The lowest BCUT2D eigenvalue weighted by Crippen LogP contribution is -2.24. The van der Waals surface area contributed by atoms with Crippen molar-refractivity contribution in [3.05, 3.63) is 66.3 Å². The van der Waals surface area contributed by atoms with Gasteiger partial charge in [-0.05, 0) is 60.8 Å². The number of benzene rings is 1. The summed E-state index contributed by atoms with van der Waals surface area (Å²) in [7, 11) is 0. The molecule has 2 unspecified atom stereocenters. The highest BCUT2D eigenvalue weighted by atomic mass is 16.5. The molecule has 3 heteroatoms. The lowest BCUT2D eigenvalue weighted by Gasteiger charge is -2.22. The second-order valence-electron chi connectivity index (χ2n) is 8.43. The van der Waals surface area contributed by atoms with E-state index in [4.69, 9.17) is 4.74 Å². The lowest BCUT2D eigenvalue weighted by molar-refractivity contribution is 0.0234. The fraction of sp³-hybridized carbons (Fsp3) is 0.458. The van der Waals surface area contributed by atoms with Crippen LogP contribution in [-0.4, -0.2) is 25.2 Å². The van der Waals surface area contributed by atoms with Gasteiger partial charge < -0.3 is 9.64 Å². The van der Waals surface area contributed by atoms with E-state index in [2.05, 4.69) is 48.3 Å². The van der Waals surface area contributed by atoms with Gasteiger partial charge in [-0.1, -0.05) is 43.4 Å². The van der Waals surface area contributed by atoms with Gasteiger partial charge in [0.1, 0.15) is 6.10 Å². The Bertz CT molecular complexity index is 774. The van der Waals surface area contributed by atoms with E-state index in [0.717, 1.165) is 43.2 Å². The van der Waals surface area contributed by atoms with E-state index in [9.17, 15) is 4.79 Å². The Balaban J connectivity index is 1.23. The third-order valence-corrected chi connectivity index (χ3v) is 7.00. The molecule has 1 aliphatic heterocycles. The van der Waals surface area contributed by atoms with Gasteiger partial charge in [-0.2, -0.15) is 0 Å². The van der Waals surface area contributed by atoms with Crippen LogP contribution in [0.5, 0.6) is 0 Å². The van der Waals surface area contributed by atoms with Crippen molar-refractivity contribution in [2.24, 2.45) is 29.6 Å². The van der Waals surface area contributed by atoms with Gasteiger partial charge in [0, 0.05) is 24.7 Å². The summed E-state index contributed by atoms with van der Waals surface area (Å²) >= 11 is 0. The van der Waals surface area contributed by atoms with Crippen molar-refractivity contribution in [3.8, 4) is 0 Å². The van der Waals surface area contributed by atoms with Gasteiger partial charge in [0.15, 0.2) is 0 Å². The molecule has 0 radical (unpaired) electrons. The van der Waals surface area contributed by atoms with Crippen LogP contribution in [0, 0.1) is 29.6 Å². The summed E-state index contributed by atoms with van der Waals surface area (Å²) < 4.78 is 5.77. The molecular formula is C24H27NO2. The molecular weight excluding hydrogens is 334 g/mol. The SMILES string of the molecule is CC[C@@H](OC(=O)c1ccc(N2CC3C(C2)[C@H]2C=C[C@@H]3C2)cc1)C1C=CC=C1. The molecule has 2 fully saturated rings. The first-order valence-corrected chi connectivity index (χ1v) is 10.3. The molecule has 3 aliphatic carbocycles. The molecule has 5 rings (SSSR count). The minimum Gasteiger partial charge on any atom is -0.458 e. The number of hydrogen-bond acceptors (Lipinski definition) is 3. The van der Waals surface area contributed by atoms with Crippen molar-refractivity contribution in [2.75, 3.05) is 18.0 Å². The summed E-state index contributed by atoms with van der Waals surface area (Å²) in [5.41, 5.74) is 1.87. The summed E-state index contributed by atoms with van der Waals surface area (Å²) in [4.78, 5) is 15.1. The van der Waals surface area contributed by atoms with Crippen LogP contribution in [0.25, 0.3) is 0 Å². The van der Waals surface area contributed by atoms with Gasteiger partial charge in [0.05, 0.1) is 5.56 Å². The average molecular weight is 361 g/mol. The highest BCUT2D eigenvalue weighted by molar-refractivity contribution is 5.90. The second-order valence-corrected chi connectivity index (χ2v) is 8.43. The minimum atomic E-state index is -0.220. The number of ether oxygens (including phenoxy) is 1. The Labute approximate surface area is 161 Å². The predicted octanol–water partition coefficient (Wildman–Crippen LogP) is 4.62. The highest BCUT2D eigenvalue weighted by Gasteiger charge is 2.49. The molecule has 1 heterocycles. The zero-order chi connectivity index (χ0) is 18.4. The van der Waals surface area contributed by atoms with Crippen LogP contribution in [0.1, 0.15) is 30.1 Å². The number of anilines is 1. The molecule has 1 saturated heterocycles. The molecule has 5 atom stereocenters. The summed E-state index contributed by atoms with van der Waals surface area (Å²) in [6.45, 7) is 4.36. The number of nitrogens with zero attached hydrogens (tertiary/aromatic N) is 1. The van der Waals surface area contributed by atoms with E-state index in [0.29, 0.717) is 5.56 Å². The number of fused-ring (bicyclic) bond motifs is 5. The molecule has 1 aromatic rings. The third kappa shape index (κ3) is 2.93. The van der Waals surface area contributed by atoms with Crippen LogP contribution < -0.4 is 4.90 Å². The van der Waals surface area contributed by atoms with Crippen molar-refractivity contribution in [1.29, 1.82) is 0 Å². The molecule has 140 valence electrons. The van der Waals surface area contributed by atoms with Crippen molar-refractivity contribution in [3.63, 3.8) is 0 Å². The number of carbonyl (C=O) groups excluding carboxylic acids is 1. The first kappa shape index (κ1) is 16.9. The molecule has 0 N–H and O–H groups in total. The van der Waals surface area contributed by atoms with Crippen molar-refractivity contribution in [1.82, 2.24) is 0 Å². The quantitative estimate of drug-likeness (QED) is 0.566. The van der Waals surface area contributed by atoms with E-state index in [-0.39, 0.29) is 18.0 Å². The fourth-order valence-electron chi connectivity index (χ4n) is 5.51. The second kappa shape index (κ2) is 6.70. The lowest BCUT2D eigenvalue weighted by atomic mass is 9.86. The van der Waals surface area contributed by atoms with Gasteiger partial charge in [0.25, 0.3) is 0 Å². The Morgan fingerprint density at radius 1 is 1.04 bits per heavy atom. The van der Waals surface area contributed by atoms with E-state index in [1.54, 1.807) is 0 Å². The maximum absolute atomic E-state index is 12.6. The van der Waals surface area contributed by atoms with E-state index >= 15 is 0 Å². The number of esters is 1. The van der Waals surface area contributed by atoms with Crippen molar-refractivity contribution >= 4 is 11.7 Å². The van der Waals surface area contributed by atoms with Crippen LogP contribution >= 0.6 is 0 Å². The maximum Gasteiger partial charge on any atom is 0.338 e. The van der Waals surface area contributed by atoms with Gasteiger partial charge >= 0.3 is 5.97 Å². The largest absolute Gasteiger partial charge is 0.458 e. The molecule has 3 nitrogen and oxygen atoms in total. The minimum absolute atomic E-state index is 0.0897. The van der Waals surface area contributed by atoms with Crippen molar-refractivity contribution < 1.29 is 9.53 Å². The standard InChI is InChI=1S/C24H27NO2/c1-2-23(16-5-3-4-6-16)27-24(26)17-9-11-20(12-10-17)25-14-21-18-7-8-19(13-18)22(21)15-25/h3-12,16,18-19,21-23H,2,13-15H2,1H3/t18-,19+,21?,22?,23-/m1/s1. The van der Waals surface area contributed by atoms with Crippen LogP contribution in [0.15, 0.2) is 60.7 Å². The smallest absolute Gasteiger partial charge is 0.338 e. The first-order chi connectivity index (χ1) is 13.2. The normalized spacial score (nSPS) is 31.7. The zero-order valence-electron chi connectivity index (χ0n) is 15.8. The summed E-state index contributed by atoms with van der Waals surface area (Å²) in [6, 6.07) is 8.02. The average Bonchev–Trinajstić information content (AvgIpc) is 3.48. The Hall–Kier alpha value is -2.29. The molecule has 4 aliphatic rings. The predicted molar refractivity (Wildman–Crippen MR) is 108 cm³/mol. The summed E-state index contributed by atoms with van der Waals surface area (Å²) in [5, 5.41) is 0. The Morgan fingerprint density at radius 2 is 1.67 bits per heavy atom. The molecule has 1 saturated carbocycles. The van der Waals surface area contributed by atoms with Gasteiger partial charge in [-0.25, -0.2) is 4.79 Å². The number of rotatable bonds is 5. The fourth-order valence-corrected chi connectivity index (χ4v) is 5.51. The summed E-state index contributed by atoms with van der Waals surface area (Å²) in [5.74, 6) is 3.21. The third-order valence-electron chi connectivity index (χ3n) is 7.00. The Kier molecular flexibility index (Phi) is 4.18. The van der Waals surface area contributed by atoms with Crippen LogP contribution in [0.2, 0.25) is 0 Å². The zero-order valence-corrected chi connectivity index (χ0v) is 15.8. The van der Waals surface area contributed by atoms with Crippen LogP contribution in [-0.2, 0) is 4.74 Å². The molecule has 27 heavy (non-hydrogen) atoms. The van der Waals surface area contributed by atoms with Gasteiger partial charge in [-0.3, -0.25) is 0 Å². The molecule has 0 amide bonds. The molecule has 0 aromatic heterocycles. The van der Waals surface area contributed by atoms with Crippen LogP contribution in [0.4, 0.5) is 5.69 Å². The number of allylic oxidation sites excluding steroid dienone is 4. The van der Waals surface area contributed by atoms with E-state index < -0.39 is 0 Å². The van der Waals surface area contributed by atoms with Crippen LogP contribution in [0.3, 0.4) is 0 Å². The van der Waals surface area contributed by atoms with Gasteiger partial charge in [0.2, 0.25) is 0 Å². The van der Waals surface area contributed by atoms with Crippen molar-refractivity contribution in [2.45, 2.75) is 25.9 Å². The molecule has 1 aromatic carbocycles. The number of carbonyl (C=O) groups is 1. The van der Waals surface area contributed by atoms with Gasteiger partial charge in [-0.15, -0.1) is 0 Å². The topological polar surface area (TPSA) is 29.5 Å². The maximum atomic E-state index is 12.6. The Morgan fingerprint density at radius 3 is 2.26 bits per heavy atom. The molecule has 0 spiro atoms. The van der Waals surface area contributed by atoms with E-state index in [1.807, 2.05) is 24.3 Å². The number of hydrogen-bond donors (Lipinski definition) is 0. The monoisotopic (exact) mass is 361 g/mol.